The summed E-state index contributed by atoms with van der Waals surface area (Å²) in [6.07, 6.45) is 6.24. The van der Waals surface area contributed by atoms with E-state index in [9.17, 15) is 13.7 Å². The molecule has 0 spiro atoms. The van der Waals surface area contributed by atoms with Crippen LogP contribution in [-0.2, 0) is 28.1 Å². The molecule has 1 fully saturated rings. The second-order valence-corrected chi connectivity index (χ2v) is 8.67. The molecular formula is C20H22FN3O2S. The summed E-state index contributed by atoms with van der Waals surface area (Å²) in [5.41, 5.74) is 3.40. The zero-order chi connectivity index (χ0) is 19.2. The van der Waals surface area contributed by atoms with Crippen LogP contribution >= 0.6 is 0 Å². The molecule has 4 rings (SSSR count). The number of carbonyl (C=O) groups excluding carboxylic acids is 1. The SMILES string of the molecule is CC[S+]([O-])NC1(c2cncc(-c3cc4c(cc3F)N(C)C(=O)CC4)c2)CC1. The van der Waals surface area contributed by atoms with Crippen molar-refractivity contribution in [2.75, 3.05) is 17.7 Å². The number of carbonyl (C=O) groups is 1. The van der Waals surface area contributed by atoms with E-state index in [0.717, 1.165) is 24.0 Å². The highest BCUT2D eigenvalue weighted by Gasteiger charge is 2.48. The largest absolute Gasteiger partial charge is 0.598 e. The summed E-state index contributed by atoms with van der Waals surface area (Å²) in [5, 5.41) is 0. The first kappa shape index (κ1) is 18.4. The maximum Gasteiger partial charge on any atom is 0.227 e. The first-order valence-electron chi connectivity index (χ1n) is 9.14. The van der Waals surface area contributed by atoms with Gasteiger partial charge in [0.15, 0.2) is 0 Å². The molecule has 0 saturated heterocycles. The number of anilines is 1. The van der Waals surface area contributed by atoms with Crippen LogP contribution in [0.1, 0.15) is 37.3 Å². The van der Waals surface area contributed by atoms with E-state index in [-0.39, 0.29) is 17.3 Å². The molecule has 1 N–H and O–H groups in total. The van der Waals surface area contributed by atoms with Gasteiger partial charge in [0.25, 0.3) is 0 Å². The minimum atomic E-state index is -1.09. The van der Waals surface area contributed by atoms with E-state index in [4.69, 9.17) is 0 Å². The first-order valence-corrected chi connectivity index (χ1v) is 10.5. The lowest BCUT2D eigenvalue weighted by Gasteiger charge is -2.26. The number of halogens is 1. The Morgan fingerprint density at radius 1 is 1.30 bits per heavy atom. The van der Waals surface area contributed by atoms with Crippen LogP contribution in [-0.4, -0.2) is 28.2 Å². The highest BCUT2D eigenvalue weighted by molar-refractivity contribution is 7.89. The molecule has 1 aromatic heterocycles. The Kier molecular flexibility index (Phi) is 4.70. The van der Waals surface area contributed by atoms with Crippen molar-refractivity contribution in [1.29, 1.82) is 0 Å². The van der Waals surface area contributed by atoms with Gasteiger partial charge in [0.1, 0.15) is 11.6 Å². The summed E-state index contributed by atoms with van der Waals surface area (Å²) in [5.74, 6) is 0.175. The molecule has 1 unspecified atom stereocenters. The Morgan fingerprint density at radius 2 is 2.07 bits per heavy atom. The van der Waals surface area contributed by atoms with Crippen molar-refractivity contribution < 1.29 is 13.7 Å². The van der Waals surface area contributed by atoms with E-state index < -0.39 is 11.4 Å². The van der Waals surface area contributed by atoms with Crippen LogP contribution in [0.3, 0.4) is 0 Å². The van der Waals surface area contributed by atoms with Crippen LogP contribution in [0.4, 0.5) is 10.1 Å². The van der Waals surface area contributed by atoms with E-state index in [1.807, 2.05) is 19.1 Å². The number of nitrogens with zero attached hydrogens (tertiary/aromatic N) is 2. The quantitative estimate of drug-likeness (QED) is 0.801. The molecule has 1 saturated carbocycles. The predicted octanol–water partition coefficient (Wildman–Crippen LogP) is 3.06. The summed E-state index contributed by atoms with van der Waals surface area (Å²) in [4.78, 5) is 17.7. The van der Waals surface area contributed by atoms with Crippen molar-refractivity contribution in [3.05, 3.63) is 47.5 Å². The van der Waals surface area contributed by atoms with Crippen LogP contribution in [0.5, 0.6) is 0 Å². The first-order chi connectivity index (χ1) is 12.9. The molecule has 27 heavy (non-hydrogen) atoms. The molecule has 1 amide bonds. The number of aryl methyl sites for hydroxylation is 1. The molecule has 5 nitrogen and oxygen atoms in total. The Hall–Kier alpha value is -1.96. The van der Waals surface area contributed by atoms with Crippen LogP contribution in [0.2, 0.25) is 0 Å². The van der Waals surface area contributed by atoms with Crippen molar-refractivity contribution in [2.24, 2.45) is 0 Å². The third-order valence-electron chi connectivity index (χ3n) is 5.44. The molecule has 2 aliphatic rings. The van der Waals surface area contributed by atoms with Crippen LogP contribution in [0.15, 0.2) is 30.6 Å². The van der Waals surface area contributed by atoms with Crippen molar-refractivity contribution in [1.82, 2.24) is 9.71 Å². The van der Waals surface area contributed by atoms with Gasteiger partial charge in [-0.05, 0) is 55.5 Å². The number of hydrogen-bond donors (Lipinski definition) is 1. The number of hydrogen-bond acceptors (Lipinski definition) is 4. The molecule has 2 heterocycles. The average molecular weight is 387 g/mol. The van der Waals surface area contributed by atoms with Crippen molar-refractivity contribution in [3.63, 3.8) is 0 Å². The molecule has 0 bridgehead atoms. The number of pyridine rings is 1. The number of rotatable bonds is 5. The topological polar surface area (TPSA) is 68.3 Å². The maximum atomic E-state index is 14.8. The fourth-order valence-electron chi connectivity index (χ4n) is 3.60. The van der Waals surface area contributed by atoms with E-state index in [0.29, 0.717) is 35.4 Å². The van der Waals surface area contributed by atoms with E-state index in [1.54, 1.807) is 19.4 Å². The summed E-state index contributed by atoms with van der Waals surface area (Å²) < 4.78 is 30.0. The summed E-state index contributed by atoms with van der Waals surface area (Å²) >= 11 is -1.09. The Balaban J connectivity index is 1.70. The van der Waals surface area contributed by atoms with E-state index in [2.05, 4.69) is 9.71 Å². The Labute approximate surface area is 161 Å². The zero-order valence-electron chi connectivity index (χ0n) is 15.4. The monoisotopic (exact) mass is 387 g/mol. The number of amides is 1. The molecular weight excluding hydrogens is 365 g/mol. The molecule has 1 aliphatic carbocycles. The molecule has 1 aromatic carbocycles. The van der Waals surface area contributed by atoms with Gasteiger partial charge in [0.05, 0.1) is 5.54 Å². The molecule has 7 heteroatoms. The molecule has 142 valence electrons. The van der Waals surface area contributed by atoms with Crippen molar-refractivity contribution in [2.45, 2.75) is 38.1 Å². The minimum Gasteiger partial charge on any atom is -0.598 e. The van der Waals surface area contributed by atoms with Gasteiger partial charge in [0, 0.05) is 54.0 Å². The summed E-state index contributed by atoms with van der Waals surface area (Å²) in [7, 11) is 1.68. The highest BCUT2D eigenvalue weighted by atomic mass is 32.2. The second kappa shape index (κ2) is 6.89. The number of aromatic nitrogens is 1. The van der Waals surface area contributed by atoms with Crippen LogP contribution in [0.25, 0.3) is 11.1 Å². The number of fused-ring (bicyclic) bond motifs is 1. The third kappa shape index (κ3) is 3.35. The second-order valence-electron chi connectivity index (χ2n) is 7.19. The standard InChI is InChI=1S/C20H22FN3O2S/c1-3-27(26)23-20(6-7-20)15-8-14(11-22-12-15)16-9-13-4-5-19(25)24(2)18(13)10-17(16)21/h8-12,23H,3-7H2,1-2H3. The van der Waals surface area contributed by atoms with Crippen molar-refractivity contribution in [3.8, 4) is 11.1 Å². The van der Waals surface area contributed by atoms with Gasteiger partial charge < -0.3 is 9.45 Å². The van der Waals surface area contributed by atoms with Gasteiger partial charge in [-0.1, -0.05) is 0 Å². The predicted molar refractivity (Wildman–Crippen MR) is 104 cm³/mol. The fourth-order valence-corrected chi connectivity index (χ4v) is 4.50. The smallest absolute Gasteiger partial charge is 0.227 e. The van der Waals surface area contributed by atoms with Gasteiger partial charge in [0.2, 0.25) is 5.91 Å². The molecule has 0 radical (unpaired) electrons. The summed E-state index contributed by atoms with van der Waals surface area (Å²) in [6.45, 7) is 1.87. The Bertz CT molecular complexity index is 901. The molecule has 2 aromatic rings. The Morgan fingerprint density at radius 3 is 2.78 bits per heavy atom. The lowest BCUT2D eigenvalue weighted by Crippen LogP contribution is -2.36. The van der Waals surface area contributed by atoms with Gasteiger partial charge >= 0.3 is 0 Å². The van der Waals surface area contributed by atoms with Gasteiger partial charge in [-0.3, -0.25) is 9.78 Å². The highest BCUT2D eigenvalue weighted by Crippen LogP contribution is 2.47. The number of benzene rings is 1. The van der Waals surface area contributed by atoms with Crippen LogP contribution in [0, 0.1) is 5.82 Å². The molecule has 1 aliphatic heterocycles. The third-order valence-corrected chi connectivity index (χ3v) is 6.58. The maximum absolute atomic E-state index is 14.8. The minimum absolute atomic E-state index is 0.00369. The van der Waals surface area contributed by atoms with E-state index >= 15 is 0 Å². The van der Waals surface area contributed by atoms with E-state index in [1.165, 1.54) is 11.0 Å². The van der Waals surface area contributed by atoms with Gasteiger partial charge in [-0.2, -0.15) is 0 Å². The lowest BCUT2D eigenvalue weighted by atomic mass is 9.95. The van der Waals surface area contributed by atoms with Crippen LogP contribution < -0.4 is 9.62 Å². The number of nitrogens with one attached hydrogen (secondary N) is 1. The normalized spacial score (nSPS) is 19.0. The zero-order valence-corrected chi connectivity index (χ0v) is 16.2. The fraction of sp³-hybridized carbons (Fsp3) is 0.400. The average Bonchev–Trinajstić information content (AvgIpc) is 3.45. The van der Waals surface area contributed by atoms with Gasteiger partial charge in [-0.25, -0.2) is 4.39 Å². The van der Waals surface area contributed by atoms with Gasteiger partial charge in [-0.15, -0.1) is 4.72 Å². The summed E-state index contributed by atoms with van der Waals surface area (Å²) in [6, 6.07) is 5.19. The van der Waals surface area contributed by atoms with Crippen molar-refractivity contribution >= 4 is 23.0 Å². The molecule has 1 atom stereocenters. The lowest BCUT2D eigenvalue weighted by molar-refractivity contribution is -0.118.